The normalized spacial score (nSPS) is 13.7. The van der Waals surface area contributed by atoms with E-state index in [0.29, 0.717) is 11.7 Å². The highest BCUT2D eigenvalue weighted by Gasteiger charge is 2.13. The molecular formula is C15H16BrN3O. The molecule has 1 aromatic carbocycles. The standard InChI is InChI=1S/C15H16BrN3O/c1-17-14-13(16)15(19-9-18-14)20-12-7-6-10-4-2-3-5-11(10)8-12/h6-9H,2-5H2,1H3,(H,17,18,19). The van der Waals surface area contributed by atoms with E-state index in [2.05, 4.69) is 43.3 Å². The summed E-state index contributed by atoms with van der Waals surface area (Å²) in [6, 6.07) is 6.30. The summed E-state index contributed by atoms with van der Waals surface area (Å²) < 4.78 is 6.62. The van der Waals surface area contributed by atoms with Gasteiger partial charge in [0.15, 0.2) is 0 Å². The first-order valence-corrected chi connectivity index (χ1v) is 7.55. The number of aryl methyl sites for hydroxylation is 2. The molecule has 0 radical (unpaired) electrons. The fourth-order valence-electron chi connectivity index (χ4n) is 2.48. The van der Waals surface area contributed by atoms with E-state index in [1.54, 1.807) is 0 Å². The molecule has 0 aliphatic heterocycles. The summed E-state index contributed by atoms with van der Waals surface area (Å²) in [5.74, 6) is 2.07. The molecule has 1 N–H and O–H groups in total. The van der Waals surface area contributed by atoms with E-state index in [1.165, 1.54) is 36.7 Å². The Morgan fingerprint density at radius 3 is 2.75 bits per heavy atom. The van der Waals surface area contributed by atoms with Crippen LogP contribution >= 0.6 is 15.9 Å². The van der Waals surface area contributed by atoms with Crippen LogP contribution in [0.1, 0.15) is 24.0 Å². The van der Waals surface area contributed by atoms with Gasteiger partial charge >= 0.3 is 0 Å². The van der Waals surface area contributed by atoms with Crippen molar-refractivity contribution >= 4 is 21.7 Å². The summed E-state index contributed by atoms with van der Waals surface area (Å²) in [4.78, 5) is 8.29. The Balaban J connectivity index is 1.88. The summed E-state index contributed by atoms with van der Waals surface area (Å²) in [7, 11) is 1.82. The third kappa shape index (κ3) is 2.63. The fraction of sp³-hybridized carbons (Fsp3) is 0.333. The van der Waals surface area contributed by atoms with Gasteiger partial charge in [0.1, 0.15) is 22.4 Å². The molecule has 0 spiro atoms. The molecule has 1 aliphatic carbocycles. The third-order valence-corrected chi connectivity index (χ3v) is 4.24. The minimum Gasteiger partial charge on any atom is -0.438 e. The van der Waals surface area contributed by atoms with Crippen LogP contribution in [0.5, 0.6) is 11.6 Å². The molecule has 1 aliphatic rings. The smallest absolute Gasteiger partial charge is 0.238 e. The quantitative estimate of drug-likeness (QED) is 0.923. The number of nitrogens with zero attached hydrogens (tertiary/aromatic N) is 2. The molecular weight excluding hydrogens is 318 g/mol. The monoisotopic (exact) mass is 333 g/mol. The second-order valence-corrected chi connectivity index (χ2v) is 5.62. The van der Waals surface area contributed by atoms with Crippen LogP contribution in [0.4, 0.5) is 5.82 Å². The molecule has 0 saturated heterocycles. The Hall–Kier alpha value is -1.62. The first-order valence-electron chi connectivity index (χ1n) is 6.76. The molecule has 0 amide bonds. The largest absolute Gasteiger partial charge is 0.438 e. The van der Waals surface area contributed by atoms with Gasteiger partial charge in [-0.3, -0.25) is 0 Å². The van der Waals surface area contributed by atoms with Crippen LogP contribution in [0.3, 0.4) is 0 Å². The van der Waals surface area contributed by atoms with Crippen LogP contribution in [0.2, 0.25) is 0 Å². The highest BCUT2D eigenvalue weighted by atomic mass is 79.9. The first kappa shape index (κ1) is 13.4. The predicted molar refractivity (Wildman–Crippen MR) is 82.4 cm³/mol. The Morgan fingerprint density at radius 2 is 1.95 bits per heavy atom. The highest BCUT2D eigenvalue weighted by molar-refractivity contribution is 9.10. The number of fused-ring (bicyclic) bond motifs is 1. The predicted octanol–water partition coefficient (Wildman–Crippen LogP) is 3.95. The maximum atomic E-state index is 5.88. The Kier molecular flexibility index (Phi) is 3.87. The van der Waals surface area contributed by atoms with E-state index >= 15 is 0 Å². The Morgan fingerprint density at radius 1 is 1.15 bits per heavy atom. The van der Waals surface area contributed by atoms with Crippen molar-refractivity contribution in [2.75, 3.05) is 12.4 Å². The van der Waals surface area contributed by atoms with E-state index in [0.717, 1.165) is 16.6 Å². The zero-order valence-electron chi connectivity index (χ0n) is 11.3. The van der Waals surface area contributed by atoms with Crippen LogP contribution in [0.25, 0.3) is 0 Å². The number of rotatable bonds is 3. The van der Waals surface area contributed by atoms with Gasteiger partial charge in [0.05, 0.1) is 0 Å². The molecule has 1 aromatic heterocycles. The van der Waals surface area contributed by atoms with Gasteiger partial charge in [-0.1, -0.05) is 6.07 Å². The fourth-order valence-corrected chi connectivity index (χ4v) is 2.97. The lowest BCUT2D eigenvalue weighted by molar-refractivity contribution is 0.457. The molecule has 2 aromatic rings. The van der Waals surface area contributed by atoms with Gasteiger partial charge in [-0.25, -0.2) is 9.97 Å². The average Bonchev–Trinajstić information content (AvgIpc) is 2.49. The van der Waals surface area contributed by atoms with Crippen LogP contribution in [-0.2, 0) is 12.8 Å². The van der Waals surface area contributed by atoms with Crippen molar-refractivity contribution in [1.29, 1.82) is 0 Å². The van der Waals surface area contributed by atoms with Crippen molar-refractivity contribution in [2.24, 2.45) is 0 Å². The van der Waals surface area contributed by atoms with E-state index in [9.17, 15) is 0 Å². The number of hydrogen-bond donors (Lipinski definition) is 1. The van der Waals surface area contributed by atoms with Crippen molar-refractivity contribution in [3.05, 3.63) is 40.1 Å². The molecule has 20 heavy (non-hydrogen) atoms. The second kappa shape index (κ2) is 5.79. The summed E-state index contributed by atoms with van der Waals surface area (Å²) in [5.41, 5.74) is 2.84. The average molecular weight is 334 g/mol. The summed E-state index contributed by atoms with van der Waals surface area (Å²) >= 11 is 3.46. The van der Waals surface area contributed by atoms with Gasteiger partial charge in [0.25, 0.3) is 0 Å². The number of halogens is 1. The SMILES string of the molecule is CNc1ncnc(Oc2ccc3c(c2)CCCC3)c1Br. The molecule has 0 saturated carbocycles. The molecule has 0 fully saturated rings. The number of aromatic nitrogens is 2. The maximum absolute atomic E-state index is 5.88. The van der Waals surface area contributed by atoms with Gasteiger partial charge < -0.3 is 10.1 Å². The van der Waals surface area contributed by atoms with Crippen LogP contribution in [0.15, 0.2) is 29.0 Å². The Bertz CT molecular complexity index is 631. The number of hydrogen-bond acceptors (Lipinski definition) is 4. The lowest BCUT2D eigenvalue weighted by Crippen LogP contribution is -2.03. The molecule has 1 heterocycles. The third-order valence-electron chi connectivity index (χ3n) is 3.53. The van der Waals surface area contributed by atoms with Crippen LogP contribution in [0, 0.1) is 0 Å². The zero-order valence-corrected chi connectivity index (χ0v) is 12.9. The van der Waals surface area contributed by atoms with Crippen LogP contribution < -0.4 is 10.1 Å². The molecule has 5 heteroatoms. The summed E-state index contributed by atoms with van der Waals surface area (Å²) in [5, 5.41) is 2.99. The number of nitrogens with one attached hydrogen (secondary N) is 1. The van der Waals surface area contributed by atoms with E-state index in [1.807, 2.05) is 13.1 Å². The van der Waals surface area contributed by atoms with Gasteiger partial charge in [0.2, 0.25) is 5.88 Å². The van der Waals surface area contributed by atoms with E-state index in [4.69, 9.17) is 4.74 Å². The zero-order chi connectivity index (χ0) is 13.9. The molecule has 0 atom stereocenters. The van der Waals surface area contributed by atoms with Gasteiger partial charge in [-0.15, -0.1) is 0 Å². The maximum Gasteiger partial charge on any atom is 0.238 e. The molecule has 4 nitrogen and oxygen atoms in total. The van der Waals surface area contributed by atoms with E-state index in [-0.39, 0.29) is 0 Å². The summed E-state index contributed by atoms with van der Waals surface area (Å²) in [6.45, 7) is 0. The number of ether oxygens (including phenoxy) is 1. The molecule has 104 valence electrons. The number of anilines is 1. The molecule has 0 bridgehead atoms. The van der Waals surface area contributed by atoms with Crippen molar-refractivity contribution < 1.29 is 4.74 Å². The number of benzene rings is 1. The Labute approximate surface area is 126 Å². The van der Waals surface area contributed by atoms with Crippen molar-refractivity contribution in [1.82, 2.24) is 9.97 Å². The lowest BCUT2D eigenvalue weighted by Gasteiger charge is -2.16. The lowest BCUT2D eigenvalue weighted by atomic mass is 9.92. The van der Waals surface area contributed by atoms with Gasteiger partial charge in [0, 0.05) is 7.05 Å². The van der Waals surface area contributed by atoms with Gasteiger partial charge in [-0.2, -0.15) is 0 Å². The van der Waals surface area contributed by atoms with E-state index < -0.39 is 0 Å². The van der Waals surface area contributed by atoms with Crippen LogP contribution in [-0.4, -0.2) is 17.0 Å². The van der Waals surface area contributed by atoms with Gasteiger partial charge in [-0.05, 0) is 64.9 Å². The topological polar surface area (TPSA) is 47.0 Å². The minimum absolute atomic E-state index is 0.528. The summed E-state index contributed by atoms with van der Waals surface area (Å²) in [6.07, 6.45) is 6.36. The van der Waals surface area contributed by atoms with Crippen molar-refractivity contribution in [3.8, 4) is 11.6 Å². The minimum atomic E-state index is 0.528. The van der Waals surface area contributed by atoms with Crippen molar-refractivity contribution in [3.63, 3.8) is 0 Å². The molecule has 3 rings (SSSR count). The first-order chi connectivity index (χ1) is 9.78. The van der Waals surface area contributed by atoms with Crippen molar-refractivity contribution in [2.45, 2.75) is 25.7 Å². The molecule has 0 unspecified atom stereocenters. The highest BCUT2D eigenvalue weighted by Crippen LogP contribution is 2.33. The second-order valence-electron chi connectivity index (χ2n) is 4.83.